The number of rotatable bonds is 8. The van der Waals surface area contributed by atoms with Crippen LogP contribution >= 0.6 is 0 Å². The van der Waals surface area contributed by atoms with Gasteiger partial charge in [-0.2, -0.15) is 0 Å². The zero-order valence-electron chi connectivity index (χ0n) is 15.1. The molecule has 0 amide bonds. The summed E-state index contributed by atoms with van der Waals surface area (Å²) in [6, 6.07) is 14.5. The van der Waals surface area contributed by atoms with Crippen LogP contribution in [0, 0.1) is 0 Å². The summed E-state index contributed by atoms with van der Waals surface area (Å²) in [7, 11) is 1.68. The van der Waals surface area contributed by atoms with E-state index in [9.17, 15) is 0 Å². The van der Waals surface area contributed by atoms with Gasteiger partial charge in [0.05, 0.1) is 13.2 Å². The van der Waals surface area contributed by atoms with Crippen LogP contribution in [-0.2, 0) is 13.0 Å². The highest BCUT2D eigenvalue weighted by atomic mass is 16.5. The fraction of sp³-hybridized carbons (Fsp3) is 0.333. The molecule has 0 aliphatic heterocycles. The van der Waals surface area contributed by atoms with Gasteiger partial charge in [-0.25, -0.2) is 0 Å². The molecular formula is C21H26N2O2. The van der Waals surface area contributed by atoms with E-state index < -0.39 is 0 Å². The van der Waals surface area contributed by atoms with E-state index in [1.165, 1.54) is 22.0 Å². The molecular weight excluding hydrogens is 312 g/mol. The largest absolute Gasteiger partial charge is 0.493 e. The van der Waals surface area contributed by atoms with E-state index in [2.05, 4.69) is 46.8 Å². The molecule has 0 aliphatic carbocycles. The molecule has 0 radical (unpaired) electrons. The topological polar surface area (TPSA) is 46.3 Å². The molecule has 1 heterocycles. The summed E-state index contributed by atoms with van der Waals surface area (Å²) in [6.07, 6.45) is 3.23. The Bertz CT molecular complexity index is 824. The number of para-hydroxylation sites is 1. The first-order valence-electron chi connectivity index (χ1n) is 8.76. The third-order valence-electron chi connectivity index (χ3n) is 4.17. The first kappa shape index (κ1) is 17.4. The summed E-state index contributed by atoms with van der Waals surface area (Å²) in [6.45, 7) is 5.76. The summed E-state index contributed by atoms with van der Waals surface area (Å²) in [4.78, 5) is 3.33. The van der Waals surface area contributed by atoms with Gasteiger partial charge in [-0.15, -0.1) is 0 Å². The molecule has 0 saturated heterocycles. The molecule has 132 valence electrons. The lowest BCUT2D eigenvalue weighted by Gasteiger charge is -2.14. The van der Waals surface area contributed by atoms with Crippen molar-refractivity contribution < 1.29 is 9.47 Å². The number of methoxy groups -OCH3 is 1. The minimum Gasteiger partial charge on any atom is -0.493 e. The lowest BCUT2D eigenvalue weighted by molar-refractivity contribution is 0.230. The molecule has 0 bridgehead atoms. The van der Waals surface area contributed by atoms with Crippen LogP contribution in [0.25, 0.3) is 10.9 Å². The summed E-state index contributed by atoms with van der Waals surface area (Å²) in [5, 5.41) is 4.81. The number of nitrogens with one attached hydrogen (secondary N) is 2. The summed E-state index contributed by atoms with van der Waals surface area (Å²) in [5.41, 5.74) is 3.73. The number of H-pyrrole nitrogens is 1. The Morgan fingerprint density at radius 1 is 1.08 bits per heavy atom. The van der Waals surface area contributed by atoms with Crippen molar-refractivity contribution in [1.82, 2.24) is 10.3 Å². The highest BCUT2D eigenvalue weighted by molar-refractivity contribution is 5.83. The van der Waals surface area contributed by atoms with Crippen molar-refractivity contribution in [2.75, 3.05) is 13.7 Å². The molecule has 4 heteroatoms. The Kier molecular flexibility index (Phi) is 5.61. The molecule has 25 heavy (non-hydrogen) atoms. The van der Waals surface area contributed by atoms with E-state index in [1.54, 1.807) is 7.11 Å². The van der Waals surface area contributed by atoms with Gasteiger partial charge in [-0.05, 0) is 56.1 Å². The third-order valence-corrected chi connectivity index (χ3v) is 4.17. The SMILES string of the molecule is COc1cc(CNCCc2c[nH]c3ccccc23)ccc1OC(C)C. The van der Waals surface area contributed by atoms with Crippen molar-refractivity contribution in [3.8, 4) is 11.5 Å². The van der Waals surface area contributed by atoms with Gasteiger partial charge in [-0.1, -0.05) is 24.3 Å². The average Bonchev–Trinajstić information content (AvgIpc) is 3.02. The van der Waals surface area contributed by atoms with Crippen molar-refractivity contribution in [2.24, 2.45) is 0 Å². The van der Waals surface area contributed by atoms with Crippen LogP contribution in [-0.4, -0.2) is 24.7 Å². The van der Waals surface area contributed by atoms with E-state index in [0.717, 1.165) is 31.0 Å². The first-order chi connectivity index (χ1) is 12.2. The van der Waals surface area contributed by atoms with Gasteiger partial charge in [0.15, 0.2) is 11.5 Å². The maximum absolute atomic E-state index is 5.76. The van der Waals surface area contributed by atoms with Crippen molar-refractivity contribution >= 4 is 10.9 Å². The Morgan fingerprint density at radius 3 is 2.72 bits per heavy atom. The minimum absolute atomic E-state index is 0.133. The van der Waals surface area contributed by atoms with E-state index in [4.69, 9.17) is 9.47 Å². The molecule has 2 aromatic carbocycles. The van der Waals surface area contributed by atoms with Gasteiger partial charge in [-0.3, -0.25) is 0 Å². The second kappa shape index (κ2) is 8.08. The van der Waals surface area contributed by atoms with Crippen molar-refractivity contribution in [3.63, 3.8) is 0 Å². The molecule has 4 nitrogen and oxygen atoms in total. The van der Waals surface area contributed by atoms with Crippen LogP contribution in [0.3, 0.4) is 0 Å². The number of hydrogen-bond donors (Lipinski definition) is 2. The van der Waals surface area contributed by atoms with E-state index >= 15 is 0 Å². The van der Waals surface area contributed by atoms with Gasteiger partial charge < -0.3 is 19.8 Å². The Morgan fingerprint density at radius 2 is 1.92 bits per heavy atom. The summed E-state index contributed by atoms with van der Waals surface area (Å²) >= 11 is 0. The third kappa shape index (κ3) is 4.34. The second-order valence-electron chi connectivity index (χ2n) is 6.44. The van der Waals surface area contributed by atoms with Crippen molar-refractivity contribution in [2.45, 2.75) is 32.9 Å². The molecule has 1 aromatic heterocycles. The first-order valence-corrected chi connectivity index (χ1v) is 8.76. The predicted molar refractivity (Wildman–Crippen MR) is 102 cm³/mol. The van der Waals surface area contributed by atoms with Gasteiger partial charge in [0.2, 0.25) is 0 Å². The van der Waals surface area contributed by atoms with Crippen LogP contribution in [0.2, 0.25) is 0 Å². The van der Waals surface area contributed by atoms with Crippen molar-refractivity contribution in [1.29, 1.82) is 0 Å². The molecule has 0 unspecified atom stereocenters. The minimum atomic E-state index is 0.133. The number of aromatic amines is 1. The van der Waals surface area contributed by atoms with Gasteiger partial charge in [0.25, 0.3) is 0 Å². The molecule has 0 aliphatic rings. The van der Waals surface area contributed by atoms with Gasteiger partial charge in [0.1, 0.15) is 0 Å². The summed E-state index contributed by atoms with van der Waals surface area (Å²) < 4.78 is 11.2. The van der Waals surface area contributed by atoms with Gasteiger partial charge in [0, 0.05) is 23.6 Å². The summed E-state index contributed by atoms with van der Waals surface area (Å²) in [5.74, 6) is 1.57. The Balaban J connectivity index is 1.55. The quantitative estimate of drug-likeness (QED) is 0.602. The van der Waals surface area contributed by atoms with Crippen LogP contribution in [0.1, 0.15) is 25.0 Å². The highest BCUT2D eigenvalue weighted by Crippen LogP contribution is 2.29. The lowest BCUT2D eigenvalue weighted by Crippen LogP contribution is -2.16. The fourth-order valence-corrected chi connectivity index (χ4v) is 2.97. The second-order valence-corrected chi connectivity index (χ2v) is 6.44. The van der Waals surface area contributed by atoms with Crippen molar-refractivity contribution in [3.05, 3.63) is 59.8 Å². The van der Waals surface area contributed by atoms with Crippen LogP contribution in [0.4, 0.5) is 0 Å². The molecule has 0 atom stereocenters. The zero-order chi connectivity index (χ0) is 17.6. The van der Waals surface area contributed by atoms with Crippen LogP contribution in [0.15, 0.2) is 48.7 Å². The number of fused-ring (bicyclic) bond motifs is 1. The Hall–Kier alpha value is -2.46. The van der Waals surface area contributed by atoms with Crippen LogP contribution < -0.4 is 14.8 Å². The maximum atomic E-state index is 5.76. The average molecular weight is 338 g/mol. The van der Waals surface area contributed by atoms with Crippen LogP contribution in [0.5, 0.6) is 11.5 Å². The standard InChI is InChI=1S/C21H26N2O2/c1-15(2)25-20-9-8-16(12-21(20)24-3)13-22-11-10-17-14-23-19-7-5-4-6-18(17)19/h4-9,12,14-15,22-23H,10-11,13H2,1-3H3. The molecule has 0 spiro atoms. The van der Waals surface area contributed by atoms with Gasteiger partial charge >= 0.3 is 0 Å². The van der Waals surface area contributed by atoms with E-state index in [-0.39, 0.29) is 6.10 Å². The number of hydrogen-bond acceptors (Lipinski definition) is 3. The molecule has 3 aromatic rings. The molecule has 0 saturated carbocycles. The number of ether oxygens (including phenoxy) is 2. The molecule has 3 rings (SSSR count). The normalized spacial score (nSPS) is 11.2. The lowest BCUT2D eigenvalue weighted by atomic mass is 10.1. The highest BCUT2D eigenvalue weighted by Gasteiger charge is 2.08. The van der Waals surface area contributed by atoms with E-state index in [0.29, 0.717) is 0 Å². The van der Waals surface area contributed by atoms with E-state index in [1.807, 2.05) is 26.0 Å². The number of benzene rings is 2. The molecule has 0 fully saturated rings. The Labute approximate surface area is 149 Å². The number of aromatic nitrogens is 1. The smallest absolute Gasteiger partial charge is 0.161 e. The predicted octanol–water partition coefficient (Wildman–Crippen LogP) is 4.30. The zero-order valence-corrected chi connectivity index (χ0v) is 15.1. The fourth-order valence-electron chi connectivity index (χ4n) is 2.97. The maximum Gasteiger partial charge on any atom is 0.161 e. The monoisotopic (exact) mass is 338 g/mol. The molecule has 2 N–H and O–H groups in total.